The van der Waals surface area contributed by atoms with E-state index in [1.807, 2.05) is 30.5 Å². The molecule has 0 amide bonds. The van der Waals surface area contributed by atoms with Crippen molar-refractivity contribution in [3.8, 4) is 17.2 Å². The van der Waals surface area contributed by atoms with Crippen molar-refractivity contribution in [3.63, 3.8) is 0 Å². The molecule has 6 aromatic carbocycles. The molecule has 7 aromatic rings. The van der Waals surface area contributed by atoms with Crippen molar-refractivity contribution in [1.82, 2.24) is 4.98 Å². The zero-order chi connectivity index (χ0) is 46.2. The Labute approximate surface area is 410 Å². The second-order valence-electron chi connectivity index (χ2n) is 20.7. The average Bonchev–Trinajstić information content (AvgIpc) is 3.34. The lowest BCUT2D eigenvalue weighted by Crippen LogP contribution is -3.00. The number of ether oxygens (including phenoxy) is 1. The number of aliphatic hydroxyl groups is 1. The lowest BCUT2D eigenvalue weighted by Gasteiger charge is -2.57. The molecule has 3 aliphatic rings. The molecular formula is C58H65BrN2O4Si2. The number of nitrogens with zero attached hydrogens (tertiary/aromatic N) is 2. The van der Waals surface area contributed by atoms with Gasteiger partial charge in [0.25, 0.3) is 0 Å². The van der Waals surface area contributed by atoms with Crippen LogP contribution in [-0.2, 0) is 0 Å². The Hall–Kier alpha value is -5.30. The predicted molar refractivity (Wildman–Crippen MR) is 275 cm³/mol. The molecule has 5 atom stereocenters. The quantitative estimate of drug-likeness (QED) is 0.0692. The number of halogens is 1. The highest BCUT2D eigenvalue weighted by atomic mass is 79.9. The number of aliphatic hydroxyl groups excluding tert-OH is 1. The normalized spacial score (nSPS) is 20.1. The zero-order valence-corrected chi connectivity index (χ0v) is 43.4. The first-order valence-corrected chi connectivity index (χ1v) is 27.5. The first-order chi connectivity index (χ1) is 31.8. The van der Waals surface area contributed by atoms with Crippen molar-refractivity contribution in [2.24, 2.45) is 11.8 Å². The van der Waals surface area contributed by atoms with Gasteiger partial charge < -0.3 is 35.7 Å². The van der Waals surface area contributed by atoms with Crippen LogP contribution in [0.5, 0.6) is 17.2 Å². The zero-order valence-electron chi connectivity index (χ0n) is 39.8. The van der Waals surface area contributed by atoms with Crippen LogP contribution in [0.2, 0.25) is 10.1 Å². The summed E-state index contributed by atoms with van der Waals surface area (Å²) in [5, 5.41) is 17.8. The minimum atomic E-state index is -3.08. The Morgan fingerprint density at radius 1 is 0.657 bits per heavy atom. The highest BCUT2D eigenvalue weighted by molar-refractivity contribution is 7.00. The predicted octanol–water partition coefficient (Wildman–Crippen LogP) is 7.60. The summed E-state index contributed by atoms with van der Waals surface area (Å²) in [6, 6.07) is 59.5. The Kier molecular flexibility index (Phi) is 13.9. The molecule has 0 radical (unpaired) electrons. The van der Waals surface area contributed by atoms with Crippen LogP contribution in [0.15, 0.2) is 189 Å². The van der Waals surface area contributed by atoms with E-state index in [4.69, 9.17) is 13.6 Å². The van der Waals surface area contributed by atoms with Crippen LogP contribution in [0.1, 0.15) is 66.1 Å². The van der Waals surface area contributed by atoms with Gasteiger partial charge in [-0.1, -0.05) is 187 Å². The van der Waals surface area contributed by atoms with Gasteiger partial charge in [-0.15, -0.1) is 6.58 Å². The minimum absolute atomic E-state index is 0. The van der Waals surface area contributed by atoms with Gasteiger partial charge in [0.1, 0.15) is 29.4 Å². The van der Waals surface area contributed by atoms with Crippen LogP contribution in [0.4, 0.5) is 0 Å². The fourth-order valence-corrected chi connectivity index (χ4v) is 20.3. The number of quaternary nitrogens is 1. The molecule has 67 heavy (non-hydrogen) atoms. The van der Waals surface area contributed by atoms with Crippen molar-refractivity contribution >= 4 is 48.3 Å². The van der Waals surface area contributed by atoms with Crippen LogP contribution in [0.25, 0.3) is 10.9 Å². The Morgan fingerprint density at radius 2 is 1.10 bits per heavy atom. The summed E-state index contributed by atoms with van der Waals surface area (Å²) in [5.74, 6) is 2.88. The van der Waals surface area contributed by atoms with Gasteiger partial charge in [0, 0.05) is 48.5 Å². The summed E-state index contributed by atoms with van der Waals surface area (Å²) in [6.07, 6.45) is 5.20. The van der Waals surface area contributed by atoms with Crippen LogP contribution in [0, 0.1) is 11.8 Å². The molecule has 1 N–H and O–H groups in total. The molecule has 3 fully saturated rings. The first-order valence-electron chi connectivity index (χ1n) is 23.7. The van der Waals surface area contributed by atoms with Crippen molar-refractivity contribution in [1.29, 1.82) is 0 Å². The number of aromatic nitrogens is 1. The number of hydrogen-bond acceptors (Lipinski definition) is 5. The molecule has 9 heteroatoms. The molecular weight excluding hydrogens is 925 g/mol. The van der Waals surface area contributed by atoms with E-state index < -0.39 is 22.7 Å². The summed E-state index contributed by atoms with van der Waals surface area (Å²) in [6.45, 7) is 20.3. The van der Waals surface area contributed by atoms with Gasteiger partial charge in [0.05, 0.1) is 18.6 Å². The first kappa shape index (κ1) is 48.2. The molecule has 1 unspecified atom stereocenters. The Morgan fingerprint density at radius 3 is 1.57 bits per heavy atom. The van der Waals surface area contributed by atoms with Crippen molar-refractivity contribution in [2.75, 3.05) is 19.8 Å². The molecule has 2 bridgehead atoms. The number of piperidine rings is 3. The van der Waals surface area contributed by atoms with Gasteiger partial charge in [-0.25, -0.2) is 0 Å². The minimum Gasteiger partial charge on any atom is -1.00 e. The van der Waals surface area contributed by atoms with E-state index in [9.17, 15) is 5.11 Å². The fourth-order valence-electron chi connectivity index (χ4n) is 11.5. The second kappa shape index (κ2) is 19.4. The van der Waals surface area contributed by atoms with Gasteiger partial charge in [0.2, 0.25) is 6.73 Å². The number of pyridine rings is 1. The van der Waals surface area contributed by atoms with E-state index >= 15 is 0 Å². The third kappa shape index (κ3) is 8.97. The van der Waals surface area contributed by atoms with Crippen LogP contribution in [-0.4, -0.2) is 57.1 Å². The van der Waals surface area contributed by atoms with Crippen molar-refractivity contribution in [3.05, 3.63) is 194 Å². The van der Waals surface area contributed by atoms with Gasteiger partial charge in [-0.05, 0) is 54.4 Å². The SMILES string of the molecule is C=C[C@@H]1C[N+]2(COc3cc(O[Si](c4ccccc4)(c4ccccc4)C(C)(C)C)cc(O[Si](c4ccccc4)(c4ccccc4)C(C)(C)C)c3)CC[C@H]1C[C@H]2[C@H](O)c1ccnc2ccccc12.[Br-]. The third-order valence-corrected chi connectivity index (χ3v) is 24.7. The number of fused-ring (bicyclic) bond motifs is 4. The summed E-state index contributed by atoms with van der Waals surface area (Å²) in [4.78, 5) is 4.64. The second-order valence-corrected chi connectivity index (χ2v) is 29.1. The molecule has 1 aromatic heterocycles. The van der Waals surface area contributed by atoms with E-state index in [1.165, 1.54) is 20.7 Å². The summed E-state index contributed by atoms with van der Waals surface area (Å²) < 4.78 is 23.5. The Balaban J connectivity index is 0.00000608. The van der Waals surface area contributed by atoms with Crippen LogP contribution < -0.4 is 51.3 Å². The summed E-state index contributed by atoms with van der Waals surface area (Å²) >= 11 is 0. The molecule has 0 aliphatic carbocycles. The van der Waals surface area contributed by atoms with Gasteiger partial charge in [0.15, 0.2) is 0 Å². The number of hydrogen-bond donors (Lipinski definition) is 1. The largest absolute Gasteiger partial charge is 1.00 e. The fraction of sp³-hybridized carbons (Fsp3) is 0.293. The monoisotopic (exact) mass is 988 g/mol. The molecule has 4 heterocycles. The molecule has 3 aliphatic heterocycles. The van der Waals surface area contributed by atoms with Gasteiger partial charge in [-0.3, -0.25) is 9.47 Å². The Bertz CT molecular complexity index is 2560. The van der Waals surface area contributed by atoms with Gasteiger partial charge >= 0.3 is 16.6 Å². The smallest absolute Gasteiger partial charge is 0.319 e. The highest BCUT2D eigenvalue weighted by Gasteiger charge is 2.56. The number of benzene rings is 6. The molecule has 0 saturated carbocycles. The maximum atomic E-state index is 12.6. The molecule has 0 spiro atoms. The average molecular weight is 990 g/mol. The molecule has 6 nitrogen and oxygen atoms in total. The summed E-state index contributed by atoms with van der Waals surface area (Å²) in [7, 11) is -6.17. The van der Waals surface area contributed by atoms with E-state index in [-0.39, 0.29) is 33.1 Å². The van der Waals surface area contributed by atoms with Crippen molar-refractivity contribution < 1.29 is 40.2 Å². The topological polar surface area (TPSA) is 60.8 Å². The van der Waals surface area contributed by atoms with E-state index in [1.54, 1.807) is 0 Å². The van der Waals surface area contributed by atoms with Gasteiger partial charge in [-0.2, -0.15) is 0 Å². The maximum absolute atomic E-state index is 12.6. The third-order valence-electron chi connectivity index (χ3n) is 14.8. The maximum Gasteiger partial charge on any atom is 0.319 e. The molecule has 10 rings (SSSR count). The standard InChI is InChI=1S/C58H65N2O4Si2.BrH/c1-8-43-41-60(36-34-44(43)37-55(60)56(61)53-33-35-59-54-32-22-21-31-52(53)54)42-62-45-38-46(63-65(57(2,3)4,48-23-13-9-14-24-48)49-25-15-10-16-26-49)40-47(39-45)64-66(58(5,6)7,50-27-17-11-18-28-50)51-29-19-12-20-30-51;/h8-33,35,38-40,43-44,55-56,61H,1,34,36-37,41-42H2,2-7H3;1H/q+1;/p-1/t43-,44+,55+,56-,60?;/m1./s1. The van der Waals surface area contributed by atoms with E-state index in [0.717, 1.165) is 42.4 Å². The highest BCUT2D eigenvalue weighted by Crippen LogP contribution is 2.48. The molecule has 3 saturated heterocycles. The number of rotatable bonds is 14. The van der Waals surface area contributed by atoms with Crippen molar-refractivity contribution in [2.45, 2.75) is 76.6 Å². The van der Waals surface area contributed by atoms with Crippen LogP contribution >= 0.6 is 0 Å². The van der Waals surface area contributed by atoms with Crippen LogP contribution in [0.3, 0.4) is 0 Å². The van der Waals surface area contributed by atoms with E-state index in [0.29, 0.717) is 40.3 Å². The van der Waals surface area contributed by atoms with E-state index in [2.05, 4.69) is 205 Å². The molecule has 346 valence electrons. The lowest BCUT2D eigenvalue weighted by atomic mass is 9.71. The number of para-hydroxylation sites is 1. The lowest BCUT2D eigenvalue weighted by molar-refractivity contribution is -0.985. The summed E-state index contributed by atoms with van der Waals surface area (Å²) in [5.41, 5.74) is 1.82.